The third-order valence-electron chi connectivity index (χ3n) is 4.96. The molecule has 2 aliphatic carbocycles. The van der Waals surface area contributed by atoms with Gasteiger partial charge in [-0.05, 0) is 45.4 Å². The lowest BCUT2D eigenvalue weighted by atomic mass is 9.95. The van der Waals surface area contributed by atoms with E-state index < -0.39 is 0 Å². The zero-order valence-corrected chi connectivity index (χ0v) is 12.6. The van der Waals surface area contributed by atoms with E-state index in [9.17, 15) is 4.79 Å². The van der Waals surface area contributed by atoms with E-state index in [1.807, 2.05) is 6.92 Å². The maximum atomic E-state index is 12.2. The molecule has 0 spiro atoms. The summed E-state index contributed by atoms with van der Waals surface area (Å²) in [6.45, 7) is 4.24. The molecule has 1 unspecified atom stereocenters. The van der Waals surface area contributed by atoms with Gasteiger partial charge in [0.15, 0.2) is 0 Å². The topological polar surface area (TPSA) is 41.1 Å². The molecule has 2 atom stereocenters. The molecule has 1 amide bonds. The molecule has 0 bridgehead atoms. The zero-order chi connectivity index (χ0) is 13.7. The third kappa shape index (κ3) is 4.48. The molecule has 19 heavy (non-hydrogen) atoms. The minimum Gasteiger partial charge on any atom is -0.352 e. The molecule has 3 nitrogen and oxygen atoms in total. The first-order chi connectivity index (χ1) is 9.16. The van der Waals surface area contributed by atoms with Crippen LogP contribution in [0, 0.1) is 5.92 Å². The summed E-state index contributed by atoms with van der Waals surface area (Å²) in [5.74, 6) is 0.960. The molecular weight excluding hydrogens is 236 g/mol. The second kappa shape index (κ2) is 7.28. The molecule has 2 fully saturated rings. The van der Waals surface area contributed by atoms with Crippen molar-refractivity contribution in [1.29, 1.82) is 0 Å². The Hall–Kier alpha value is -0.570. The van der Waals surface area contributed by atoms with Gasteiger partial charge in [-0.1, -0.05) is 32.1 Å². The second-order valence-electron chi connectivity index (χ2n) is 6.57. The molecule has 0 aromatic rings. The van der Waals surface area contributed by atoms with Gasteiger partial charge in [0.2, 0.25) is 5.91 Å². The molecule has 0 aromatic carbocycles. The molecule has 0 saturated heterocycles. The van der Waals surface area contributed by atoms with Crippen molar-refractivity contribution < 1.29 is 4.79 Å². The van der Waals surface area contributed by atoms with E-state index >= 15 is 0 Å². The monoisotopic (exact) mass is 266 g/mol. The first kappa shape index (κ1) is 14.8. The van der Waals surface area contributed by atoms with Crippen molar-refractivity contribution in [3.8, 4) is 0 Å². The molecule has 0 radical (unpaired) electrons. The summed E-state index contributed by atoms with van der Waals surface area (Å²) in [6.07, 6.45) is 11.6. The Morgan fingerprint density at radius 2 is 1.53 bits per heavy atom. The minimum absolute atomic E-state index is 0.0578. The molecule has 2 aliphatic rings. The van der Waals surface area contributed by atoms with Gasteiger partial charge in [0.25, 0.3) is 0 Å². The van der Waals surface area contributed by atoms with Gasteiger partial charge in [0, 0.05) is 12.1 Å². The Bertz CT molecular complexity index is 280. The number of amides is 1. The van der Waals surface area contributed by atoms with Crippen LogP contribution in [-0.2, 0) is 4.79 Å². The number of rotatable bonds is 5. The fourth-order valence-corrected chi connectivity index (χ4v) is 3.64. The highest BCUT2D eigenvalue weighted by molar-refractivity contribution is 5.81. The van der Waals surface area contributed by atoms with Crippen molar-refractivity contribution >= 4 is 5.91 Å². The van der Waals surface area contributed by atoms with Crippen LogP contribution in [0.15, 0.2) is 0 Å². The first-order valence-corrected chi connectivity index (χ1v) is 8.23. The maximum absolute atomic E-state index is 12.2. The Labute approximate surface area is 117 Å². The summed E-state index contributed by atoms with van der Waals surface area (Å²) in [5, 5.41) is 6.71. The van der Waals surface area contributed by atoms with Gasteiger partial charge in [-0.15, -0.1) is 0 Å². The molecular formula is C16H30N2O. The van der Waals surface area contributed by atoms with Crippen LogP contribution in [0.5, 0.6) is 0 Å². The normalized spacial score (nSPS) is 25.2. The Balaban J connectivity index is 1.71. The largest absolute Gasteiger partial charge is 0.352 e. The number of nitrogens with one attached hydrogen (secondary N) is 2. The van der Waals surface area contributed by atoms with Gasteiger partial charge in [-0.3, -0.25) is 4.79 Å². The van der Waals surface area contributed by atoms with Gasteiger partial charge in [0.05, 0.1) is 6.04 Å². The average Bonchev–Trinajstić information content (AvgIpc) is 2.93. The molecule has 0 aliphatic heterocycles. The van der Waals surface area contributed by atoms with Crippen molar-refractivity contribution in [2.24, 2.45) is 5.92 Å². The lowest BCUT2D eigenvalue weighted by Crippen LogP contribution is -2.50. The van der Waals surface area contributed by atoms with E-state index in [-0.39, 0.29) is 11.9 Å². The lowest BCUT2D eigenvalue weighted by Gasteiger charge is -2.27. The Morgan fingerprint density at radius 1 is 0.947 bits per heavy atom. The number of carbonyl (C=O) groups is 1. The average molecular weight is 266 g/mol. The molecule has 3 heteroatoms. The van der Waals surface area contributed by atoms with Crippen molar-refractivity contribution in [2.45, 2.75) is 89.8 Å². The highest BCUT2D eigenvalue weighted by atomic mass is 16.2. The smallest absolute Gasteiger partial charge is 0.237 e. The predicted molar refractivity (Wildman–Crippen MR) is 79.0 cm³/mol. The van der Waals surface area contributed by atoms with E-state index in [0.29, 0.717) is 12.1 Å². The molecule has 2 saturated carbocycles. The van der Waals surface area contributed by atoms with Crippen LogP contribution in [0.1, 0.15) is 71.6 Å². The summed E-state index contributed by atoms with van der Waals surface area (Å²) < 4.78 is 0. The van der Waals surface area contributed by atoms with E-state index in [1.54, 1.807) is 0 Å². The molecule has 2 N–H and O–H groups in total. The second-order valence-corrected chi connectivity index (χ2v) is 6.57. The molecule has 0 heterocycles. The van der Waals surface area contributed by atoms with Crippen molar-refractivity contribution in [3.63, 3.8) is 0 Å². The fraction of sp³-hybridized carbons (Fsp3) is 0.938. The molecule has 2 rings (SSSR count). The van der Waals surface area contributed by atoms with Crippen molar-refractivity contribution in [3.05, 3.63) is 0 Å². The number of hydrogen-bond acceptors (Lipinski definition) is 2. The molecule has 0 aromatic heterocycles. The number of hydrogen-bond donors (Lipinski definition) is 2. The van der Waals surface area contributed by atoms with Gasteiger partial charge in [-0.25, -0.2) is 0 Å². The maximum Gasteiger partial charge on any atom is 0.237 e. The van der Waals surface area contributed by atoms with Gasteiger partial charge in [0.1, 0.15) is 0 Å². The van der Waals surface area contributed by atoms with Crippen molar-refractivity contribution in [2.75, 3.05) is 0 Å². The standard InChI is InChI=1S/C16H30N2O/c1-12(14-8-6-7-9-14)17-13(2)16(19)18-15-10-4-3-5-11-15/h12-15,17H,3-11H2,1-2H3,(H,18,19)/t12-,13?/m0/s1. The number of carbonyl (C=O) groups excluding carboxylic acids is 1. The Morgan fingerprint density at radius 3 is 2.16 bits per heavy atom. The van der Waals surface area contributed by atoms with E-state index in [4.69, 9.17) is 0 Å². The van der Waals surface area contributed by atoms with Gasteiger partial charge < -0.3 is 10.6 Å². The van der Waals surface area contributed by atoms with Crippen molar-refractivity contribution in [1.82, 2.24) is 10.6 Å². The van der Waals surface area contributed by atoms with Gasteiger partial charge in [-0.2, -0.15) is 0 Å². The Kier molecular flexibility index (Phi) is 5.68. The fourth-order valence-electron chi connectivity index (χ4n) is 3.64. The van der Waals surface area contributed by atoms with Crippen LogP contribution in [0.4, 0.5) is 0 Å². The van der Waals surface area contributed by atoms with Crippen LogP contribution in [-0.4, -0.2) is 24.0 Å². The van der Waals surface area contributed by atoms with E-state index in [2.05, 4.69) is 17.6 Å². The third-order valence-corrected chi connectivity index (χ3v) is 4.96. The predicted octanol–water partition coefficient (Wildman–Crippen LogP) is 2.99. The zero-order valence-electron chi connectivity index (χ0n) is 12.6. The summed E-state index contributed by atoms with van der Waals surface area (Å²) in [6, 6.07) is 0.833. The molecule has 110 valence electrons. The summed E-state index contributed by atoms with van der Waals surface area (Å²) >= 11 is 0. The highest BCUT2D eigenvalue weighted by Gasteiger charge is 2.25. The lowest BCUT2D eigenvalue weighted by molar-refractivity contribution is -0.123. The van der Waals surface area contributed by atoms with Crippen LogP contribution >= 0.6 is 0 Å². The summed E-state index contributed by atoms with van der Waals surface area (Å²) in [7, 11) is 0. The van der Waals surface area contributed by atoms with Crippen LogP contribution in [0.25, 0.3) is 0 Å². The first-order valence-electron chi connectivity index (χ1n) is 8.23. The highest BCUT2D eigenvalue weighted by Crippen LogP contribution is 2.27. The SMILES string of the molecule is CC(N[C@@H](C)C1CCCC1)C(=O)NC1CCCCC1. The minimum atomic E-state index is -0.0578. The van der Waals surface area contributed by atoms with Crippen LogP contribution in [0.3, 0.4) is 0 Å². The van der Waals surface area contributed by atoms with Crippen LogP contribution in [0.2, 0.25) is 0 Å². The summed E-state index contributed by atoms with van der Waals surface area (Å²) in [5.41, 5.74) is 0. The quantitative estimate of drug-likeness (QED) is 0.803. The van der Waals surface area contributed by atoms with E-state index in [0.717, 1.165) is 18.8 Å². The van der Waals surface area contributed by atoms with Gasteiger partial charge >= 0.3 is 0 Å². The van der Waals surface area contributed by atoms with Crippen LogP contribution < -0.4 is 10.6 Å². The van der Waals surface area contributed by atoms with E-state index in [1.165, 1.54) is 44.9 Å². The summed E-state index contributed by atoms with van der Waals surface area (Å²) in [4.78, 5) is 12.2.